The van der Waals surface area contributed by atoms with Crippen LogP contribution in [0.3, 0.4) is 0 Å². The summed E-state index contributed by atoms with van der Waals surface area (Å²) in [7, 11) is 1.73. The van der Waals surface area contributed by atoms with Gasteiger partial charge in [0.05, 0.1) is 7.11 Å². The van der Waals surface area contributed by atoms with Crippen molar-refractivity contribution < 1.29 is 4.74 Å². The lowest BCUT2D eigenvalue weighted by Gasteiger charge is -2.09. The molecule has 0 fully saturated rings. The van der Waals surface area contributed by atoms with Gasteiger partial charge in [-0.05, 0) is 36.6 Å². The van der Waals surface area contributed by atoms with Crippen LogP contribution in [-0.2, 0) is 13.0 Å². The molecule has 0 saturated heterocycles. The van der Waals surface area contributed by atoms with Gasteiger partial charge in [0.1, 0.15) is 5.75 Å². The van der Waals surface area contributed by atoms with E-state index in [4.69, 9.17) is 4.74 Å². The molecule has 2 heteroatoms. The molecule has 0 radical (unpaired) electrons. The van der Waals surface area contributed by atoms with Crippen molar-refractivity contribution in [1.82, 2.24) is 5.32 Å². The van der Waals surface area contributed by atoms with Crippen molar-refractivity contribution >= 4 is 0 Å². The standard InChI is InChI=1S/C13H21NO/c1-4-8-14-10-11-6-7-13(15-3)12(5-2)9-11/h6-7,9,14H,4-5,8,10H2,1-3H3. The lowest BCUT2D eigenvalue weighted by atomic mass is 10.1. The molecule has 1 aromatic carbocycles. The molecule has 84 valence electrons. The first-order valence-corrected chi connectivity index (χ1v) is 5.68. The van der Waals surface area contributed by atoms with E-state index in [9.17, 15) is 0 Å². The summed E-state index contributed by atoms with van der Waals surface area (Å²) in [6.45, 7) is 6.36. The van der Waals surface area contributed by atoms with Gasteiger partial charge in [-0.2, -0.15) is 0 Å². The minimum atomic E-state index is 0.949. The highest BCUT2D eigenvalue weighted by Gasteiger charge is 2.01. The molecule has 2 nitrogen and oxygen atoms in total. The van der Waals surface area contributed by atoms with E-state index in [1.807, 2.05) is 0 Å². The fraction of sp³-hybridized carbons (Fsp3) is 0.538. The van der Waals surface area contributed by atoms with Crippen molar-refractivity contribution in [3.8, 4) is 5.75 Å². The molecule has 1 rings (SSSR count). The van der Waals surface area contributed by atoms with E-state index >= 15 is 0 Å². The zero-order valence-electron chi connectivity index (χ0n) is 9.97. The molecule has 1 aromatic rings. The molecular formula is C13H21NO. The zero-order chi connectivity index (χ0) is 11.1. The summed E-state index contributed by atoms with van der Waals surface area (Å²) in [5, 5.41) is 3.40. The number of hydrogen-bond donors (Lipinski definition) is 1. The fourth-order valence-electron chi connectivity index (χ4n) is 1.63. The van der Waals surface area contributed by atoms with Crippen molar-refractivity contribution in [3.63, 3.8) is 0 Å². The maximum atomic E-state index is 5.30. The number of methoxy groups -OCH3 is 1. The van der Waals surface area contributed by atoms with Crippen LogP contribution >= 0.6 is 0 Å². The highest BCUT2D eigenvalue weighted by Crippen LogP contribution is 2.20. The molecule has 0 unspecified atom stereocenters. The van der Waals surface area contributed by atoms with Gasteiger partial charge in [-0.3, -0.25) is 0 Å². The van der Waals surface area contributed by atoms with Gasteiger partial charge in [0, 0.05) is 6.54 Å². The lowest BCUT2D eigenvalue weighted by Crippen LogP contribution is -2.13. The normalized spacial score (nSPS) is 10.3. The Morgan fingerprint density at radius 3 is 2.67 bits per heavy atom. The number of aryl methyl sites for hydroxylation is 1. The third kappa shape index (κ3) is 3.56. The molecule has 1 N–H and O–H groups in total. The van der Waals surface area contributed by atoms with E-state index in [-0.39, 0.29) is 0 Å². The van der Waals surface area contributed by atoms with Crippen molar-refractivity contribution in [2.75, 3.05) is 13.7 Å². The molecule has 15 heavy (non-hydrogen) atoms. The Balaban J connectivity index is 2.66. The Kier molecular flexibility index (Phi) is 5.19. The first-order valence-electron chi connectivity index (χ1n) is 5.68. The number of ether oxygens (including phenoxy) is 1. The summed E-state index contributed by atoms with van der Waals surface area (Å²) in [5.74, 6) is 0.997. The van der Waals surface area contributed by atoms with Gasteiger partial charge in [-0.25, -0.2) is 0 Å². The Bertz CT molecular complexity index is 297. The quantitative estimate of drug-likeness (QED) is 0.724. The summed E-state index contributed by atoms with van der Waals surface area (Å²) < 4.78 is 5.30. The Labute approximate surface area is 92.6 Å². The van der Waals surface area contributed by atoms with E-state index < -0.39 is 0 Å². The van der Waals surface area contributed by atoms with Crippen LogP contribution in [0.5, 0.6) is 5.75 Å². The third-order valence-electron chi connectivity index (χ3n) is 2.48. The van der Waals surface area contributed by atoms with Gasteiger partial charge >= 0.3 is 0 Å². The average molecular weight is 207 g/mol. The molecule has 0 aromatic heterocycles. The zero-order valence-corrected chi connectivity index (χ0v) is 9.97. The first-order chi connectivity index (χ1) is 7.31. The minimum absolute atomic E-state index is 0.949. The monoisotopic (exact) mass is 207 g/mol. The number of rotatable bonds is 6. The highest BCUT2D eigenvalue weighted by molar-refractivity contribution is 5.37. The van der Waals surface area contributed by atoms with Gasteiger partial charge in [-0.15, -0.1) is 0 Å². The van der Waals surface area contributed by atoms with Crippen molar-refractivity contribution in [1.29, 1.82) is 0 Å². The predicted molar refractivity (Wildman–Crippen MR) is 64.4 cm³/mol. The summed E-state index contributed by atoms with van der Waals surface area (Å²) in [6, 6.07) is 6.41. The van der Waals surface area contributed by atoms with E-state index in [0.717, 1.165) is 25.3 Å². The van der Waals surface area contributed by atoms with Crippen LogP contribution in [0.15, 0.2) is 18.2 Å². The number of nitrogens with one attached hydrogen (secondary N) is 1. The van der Waals surface area contributed by atoms with Gasteiger partial charge in [-0.1, -0.05) is 26.0 Å². The van der Waals surface area contributed by atoms with Gasteiger partial charge in [0.2, 0.25) is 0 Å². The van der Waals surface area contributed by atoms with Gasteiger partial charge < -0.3 is 10.1 Å². The molecule has 0 amide bonds. The maximum absolute atomic E-state index is 5.30. The van der Waals surface area contributed by atoms with Crippen molar-refractivity contribution in [2.45, 2.75) is 33.2 Å². The second-order valence-electron chi connectivity index (χ2n) is 3.68. The molecule has 0 atom stereocenters. The number of benzene rings is 1. The summed E-state index contributed by atoms with van der Waals surface area (Å²) in [6.07, 6.45) is 2.20. The van der Waals surface area contributed by atoms with Crippen LogP contribution in [0, 0.1) is 0 Å². The molecule has 0 spiro atoms. The smallest absolute Gasteiger partial charge is 0.122 e. The van der Waals surface area contributed by atoms with Crippen LogP contribution in [0.4, 0.5) is 0 Å². The van der Waals surface area contributed by atoms with Crippen LogP contribution in [-0.4, -0.2) is 13.7 Å². The molecule has 0 aliphatic heterocycles. The van der Waals surface area contributed by atoms with E-state index in [1.165, 1.54) is 17.5 Å². The van der Waals surface area contributed by atoms with Crippen LogP contribution < -0.4 is 10.1 Å². The lowest BCUT2D eigenvalue weighted by molar-refractivity contribution is 0.410. The predicted octanol–water partition coefficient (Wildman–Crippen LogP) is 2.76. The van der Waals surface area contributed by atoms with E-state index in [1.54, 1.807) is 7.11 Å². The van der Waals surface area contributed by atoms with Crippen molar-refractivity contribution in [2.24, 2.45) is 0 Å². The minimum Gasteiger partial charge on any atom is -0.496 e. The maximum Gasteiger partial charge on any atom is 0.122 e. The molecule has 0 bridgehead atoms. The van der Waals surface area contributed by atoms with Crippen molar-refractivity contribution in [3.05, 3.63) is 29.3 Å². The number of hydrogen-bond acceptors (Lipinski definition) is 2. The van der Waals surface area contributed by atoms with Crippen LogP contribution in [0.2, 0.25) is 0 Å². The van der Waals surface area contributed by atoms with Crippen LogP contribution in [0.25, 0.3) is 0 Å². The van der Waals surface area contributed by atoms with E-state index in [0.29, 0.717) is 0 Å². The Morgan fingerprint density at radius 2 is 2.07 bits per heavy atom. The molecular weight excluding hydrogens is 186 g/mol. The Hall–Kier alpha value is -1.02. The topological polar surface area (TPSA) is 21.3 Å². The average Bonchev–Trinajstić information content (AvgIpc) is 2.29. The summed E-state index contributed by atoms with van der Waals surface area (Å²) >= 11 is 0. The fourth-order valence-corrected chi connectivity index (χ4v) is 1.63. The third-order valence-corrected chi connectivity index (χ3v) is 2.48. The second kappa shape index (κ2) is 6.46. The highest BCUT2D eigenvalue weighted by atomic mass is 16.5. The largest absolute Gasteiger partial charge is 0.496 e. The van der Waals surface area contributed by atoms with Gasteiger partial charge in [0.25, 0.3) is 0 Å². The molecule has 0 aliphatic carbocycles. The molecule has 0 aliphatic rings. The summed E-state index contributed by atoms with van der Waals surface area (Å²) in [4.78, 5) is 0. The summed E-state index contributed by atoms with van der Waals surface area (Å²) in [5.41, 5.74) is 2.62. The molecule has 0 saturated carbocycles. The molecule has 0 heterocycles. The SMILES string of the molecule is CCCNCc1ccc(OC)c(CC)c1. The first kappa shape index (κ1) is 12.1. The second-order valence-corrected chi connectivity index (χ2v) is 3.68. The Morgan fingerprint density at radius 1 is 1.27 bits per heavy atom. The van der Waals surface area contributed by atoms with Crippen LogP contribution in [0.1, 0.15) is 31.4 Å². The van der Waals surface area contributed by atoms with E-state index in [2.05, 4.69) is 37.4 Å². The van der Waals surface area contributed by atoms with Gasteiger partial charge in [0.15, 0.2) is 0 Å².